The molecule has 0 atom stereocenters. The molecule has 0 saturated heterocycles. The second kappa shape index (κ2) is 11.3. The van der Waals surface area contributed by atoms with Crippen LogP contribution in [0.3, 0.4) is 0 Å². The first-order valence-corrected chi connectivity index (χ1v) is 15.1. The molecule has 5 aromatic carbocycles. The Balaban J connectivity index is 1.38. The van der Waals surface area contributed by atoms with Crippen molar-refractivity contribution in [3.8, 4) is 56.3 Å². The van der Waals surface area contributed by atoms with Crippen LogP contribution in [0.2, 0.25) is 0 Å². The number of hydrogen-bond acceptors (Lipinski definition) is 4. The molecule has 8 aromatic rings. The van der Waals surface area contributed by atoms with Gasteiger partial charge in [0.15, 0.2) is 5.82 Å². The predicted octanol–water partition coefficient (Wildman–Crippen LogP) is 10.2. The molecular weight excluding hydrogens is 548 g/mol. The fourth-order valence-electron chi connectivity index (χ4n) is 5.85. The van der Waals surface area contributed by atoms with E-state index in [0.29, 0.717) is 5.82 Å². The molecule has 0 aliphatic heterocycles. The lowest BCUT2D eigenvalue weighted by Crippen LogP contribution is -1.98. The highest BCUT2D eigenvalue weighted by Crippen LogP contribution is 2.36. The minimum atomic E-state index is 0.677. The van der Waals surface area contributed by atoms with E-state index < -0.39 is 0 Å². The summed E-state index contributed by atoms with van der Waals surface area (Å²) in [6.45, 7) is 2.02. The monoisotopic (exact) mass is 576 g/mol. The van der Waals surface area contributed by atoms with E-state index in [2.05, 4.69) is 103 Å². The predicted molar refractivity (Wildman–Crippen MR) is 185 cm³/mol. The minimum absolute atomic E-state index is 0.677. The summed E-state index contributed by atoms with van der Waals surface area (Å²) in [5.74, 6) is 0.677. The molecule has 0 aliphatic rings. The molecule has 45 heavy (non-hydrogen) atoms. The number of aryl methyl sites for hydroxylation is 1. The number of rotatable bonds is 5. The van der Waals surface area contributed by atoms with Crippen molar-refractivity contribution < 1.29 is 0 Å². The van der Waals surface area contributed by atoms with Crippen molar-refractivity contribution in [3.05, 3.63) is 157 Å². The molecule has 0 bridgehead atoms. The van der Waals surface area contributed by atoms with Crippen LogP contribution in [-0.2, 0) is 0 Å². The number of benzene rings is 5. The van der Waals surface area contributed by atoms with Crippen molar-refractivity contribution in [1.82, 2.24) is 19.9 Å². The lowest BCUT2D eigenvalue weighted by molar-refractivity contribution is 1.18. The highest BCUT2D eigenvalue weighted by atomic mass is 14.9. The topological polar surface area (TPSA) is 51.6 Å². The van der Waals surface area contributed by atoms with Gasteiger partial charge in [0.05, 0.1) is 28.1 Å². The molecule has 0 saturated carbocycles. The quantitative estimate of drug-likeness (QED) is 0.191. The standard InChI is InChI=1S/C41H28N4/c1-27-17-18-32-23-24-34-35(25-36(30-13-7-3-8-14-30)43-40(34)39(32)42-27)38-26-37(44-41(45-38)33-15-9-4-10-16-33)31-21-19-29(20-22-31)28-11-5-2-6-12-28/h2-26H,1H3. The zero-order valence-corrected chi connectivity index (χ0v) is 24.7. The van der Waals surface area contributed by atoms with Gasteiger partial charge in [-0.2, -0.15) is 0 Å². The molecule has 0 aliphatic carbocycles. The average molecular weight is 577 g/mol. The summed E-state index contributed by atoms with van der Waals surface area (Å²) >= 11 is 0. The third-order valence-electron chi connectivity index (χ3n) is 8.17. The Kier molecular flexibility index (Phi) is 6.65. The van der Waals surface area contributed by atoms with Crippen LogP contribution in [0.1, 0.15) is 5.69 Å². The van der Waals surface area contributed by atoms with Crippen LogP contribution in [0, 0.1) is 6.92 Å². The lowest BCUT2D eigenvalue weighted by atomic mass is 9.98. The smallest absolute Gasteiger partial charge is 0.160 e. The van der Waals surface area contributed by atoms with E-state index in [1.54, 1.807) is 0 Å². The Morgan fingerprint density at radius 1 is 0.378 bits per heavy atom. The van der Waals surface area contributed by atoms with E-state index in [0.717, 1.165) is 66.8 Å². The second-order valence-corrected chi connectivity index (χ2v) is 11.2. The Morgan fingerprint density at radius 2 is 0.911 bits per heavy atom. The molecule has 212 valence electrons. The lowest BCUT2D eigenvalue weighted by Gasteiger charge is -2.14. The summed E-state index contributed by atoms with van der Waals surface area (Å²) in [5.41, 5.74) is 11.7. The molecule has 0 fully saturated rings. The van der Waals surface area contributed by atoms with Gasteiger partial charge in [-0.15, -0.1) is 0 Å². The summed E-state index contributed by atoms with van der Waals surface area (Å²) < 4.78 is 0. The Morgan fingerprint density at radius 3 is 1.62 bits per heavy atom. The Hall–Kier alpha value is -6.00. The number of nitrogens with zero attached hydrogens (tertiary/aromatic N) is 4. The molecule has 4 nitrogen and oxygen atoms in total. The van der Waals surface area contributed by atoms with Gasteiger partial charge in [-0.25, -0.2) is 15.0 Å². The van der Waals surface area contributed by atoms with Gasteiger partial charge in [0.25, 0.3) is 0 Å². The van der Waals surface area contributed by atoms with Crippen LogP contribution in [-0.4, -0.2) is 19.9 Å². The maximum absolute atomic E-state index is 5.19. The van der Waals surface area contributed by atoms with Gasteiger partial charge in [0, 0.05) is 38.7 Å². The van der Waals surface area contributed by atoms with E-state index in [1.807, 2.05) is 55.5 Å². The van der Waals surface area contributed by atoms with Crippen LogP contribution in [0.15, 0.2) is 152 Å². The van der Waals surface area contributed by atoms with Crippen molar-refractivity contribution in [3.63, 3.8) is 0 Å². The first kappa shape index (κ1) is 26.6. The van der Waals surface area contributed by atoms with E-state index in [1.165, 1.54) is 11.1 Å². The minimum Gasteiger partial charge on any atom is -0.251 e. The number of aromatic nitrogens is 4. The van der Waals surface area contributed by atoms with Crippen LogP contribution < -0.4 is 0 Å². The van der Waals surface area contributed by atoms with Crippen molar-refractivity contribution in [1.29, 1.82) is 0 Å². The summed E-state index contributed by atoms with van der Waals surface area (Å²) in [6.07, 6.45) is 0. The molecule has 0 radical (unpaired) electrons. The summed E-state index contributed by atoms with van der Waals surface area (Å²) in [6, 6.07) is 52.2. The summed E-state index contributed by atoms with van der Waals surface area (Å²) in [5, 5.41) is 2.06. The van der Waals surface area contributed by atoms with Gasteiger partial charge in [-0.05, 0) is 36.2 Å². The molecule has 3 aromatic heterocycles. The molecule has 0 amide bonds. The van der Waals surface area contributed by atoms with Crippen molar-refractivity contribution >= 4 is 21.8 Å². The maximum atomic E-state index is 5.19. The molecule has 0 unspecified atom stereocenters. The first-order chi connectivity index (χ1) is 22.2. The van der Waals surface area contributed by atoms with Crippen molar-refractivity contribution in [2.45, 2.75) is 6.92 Å². The van der Waals surface area contributed by atoms with E-state index >= 15 is 0 Å². The molecule has 4 heteroatoms. The highest BCUT2D eigenvalue weighted by molar-refractivity contribution is 6.09. The van der Waals surface area contributed by atoms with Gasteiger partial charge < -0.3 is 0 Å². The van der Waals surface area contributed by atoms with E-state index in [4.69, 9.17) is 19.9 Å². The summed E-state index contributed by atoms with van der Waals surface area (Å²) in [4.78, 5) is 20.4. The zero-order valence-electron chi connectivity index (χ0n) is 24.7. The third-order valence-corrected chi connectivity index (χ3v) is 8.17. The maximum Gasteiger partial charge on any atom is 0.160 e. The first-order valence-electron chi connectivity index (χ1n) is 15.1. The van der Waals surface area contributed by atoms with Crippen LogP contribution in [0.4, 0.5) is 0 Å². The number of fused-ring (bicyclic) bond motifs is 3. The normalized spacial score (nSPS) is 11.2. The largest absolute Gasteiger partial charge is 0.251 e. The molecule has 0 spiro atoms. The van der Waals surface area contributed by atoms with Gasteiger partial charge in [-0.1, -0.05) is 133 Å². The zero-order chi connectivity index (χ0) is 30.2. The van der Waals surface area contributed by atoms with Crippen LogP contribution in [0.25, 0.3) is 78.1 Å². The Labute approximate surface area is 261 Å². The van der Waals surface area contributed by atoms with Crippen LogP contribution >= 0.6 is 0 Å². The average Bonchev–Trinajstić information content (AvgIpc) is 3.12. The Bertz CT molecular complexity index is 2300. The van der Waals surface area contributed by atoms with E-state index in [-0.39, 0.29) is 0 Å². The highest BCUT2D eigenvalue weighted by Gasteiger charge is 2.17. The van der Waals surface area contributed by atoms with Crippen molar-refractivity contribution in [2.24, 2.45) is 0 Å². The molecular formula is C41H28N4. The van der Waals surface area contributed by atoms with Gasteiger partial charge >= 0.3 is 0 Å². The summed E-state index contributed by atoms with van der Waals surface area (Å²) in [7, 11) is 0. The fraction of sp³-hybridized carbons (Fsp3) is 0.0244. The number of pyridine rings is 2. The fourth-order valence-corrected chi connectivity index (χ4v) is 5.85. The molecule has 8 rings (SSSR count). The van der Waals surface area contributed by atoms with E-state index in [9.17, 15) is 0 Å². The van der Waals surface area contributed by atoms with Crippen LogP contribution in [0.5, 0.6) is 0 Å². The van der Waals surface area contributed by atoms with Crippen molar-refractivity contribution in [2.75, 3.05) is 0 Å². The second-order valence-electron chi connectivity index (χ2n) is 11.2. The molecule has 0 N–H and O–H groups in total. The number of hydrogen-bond donors (Lipinski definition) is 0. The van der Waals surface area contributed by atoms with Gasteiger partial charge in [-0.3, -0.25) is 4.98 Å². The van der Waals surface area contributed by atoms with Gasteiger partial charge in [0.1, 0.15) is 0 Å². The SMILES string of the molecule is Cc1ccc2ccc3c(-c4cc(-c5ccc(-c6ccccc6)cc5)nc(-c5ccccc5)n4)cc(-c4ccccc4)nc3c2n1. The third kappa shape index (κ3) is 5.13. The molecule has 3 heterocycles. The van der Waals surface area contributed by atoms with Gasteiger partial charge in [0.2, 0.25) is 0 Å².